The fraction of sp³-hybridized carbons (Fsp3) is 0.286. The van der Waals surface area contributed by atoms with E-state index in [0.717, 1.165) is 17.0 Å². The topological polar surface area (TPSA) is 12.9 Å². The summed E-state index contributed by atoms with van der Waals surface area (Å²) in [5.41, 5.74) is -0.603. The van der Waals surface area contributed by atoms with Crippen LogP contribution in [0.5, 0.6) is 0 Å². The van der Waals surface area contributed by atoms with Gasteiger partial charge in [0, 0.05) is 4.90 Å². The normalized spacial score (nSPS) is 11.8. The summed E-state index contributed by atoms with van der Waals surface area (Å²) in [6, 6.07) is 2.22. The van der Waals surface area contributed by atoms with Crippen LogP contribution < -0.4 is 0 Å². The third-order valence-electron chi connectivity index (χ3n) is 1.41. The van der Waals surface area contributed by atoms with Gasteiger partial charge in [0.15, 0.2) is 0 Å². The van der Waals surface area contributed by atoms with Gasteiger partial charge in [-0.1, -0.05) is 0 Å². The van der Waals surface area contributed by atoms with Gasteiger partial charge in [-0.05, 0) is 40.7 Å². The van der Waals surface area contributed by atoms with Crippen LogP contribution in [0.25, 0.3) is 0 Å². The van der Waals surface area contributed by atoms with E-state index in [1.165, 1.54) is 13.0 Å². The van der Waals surface area contributed by atoms with Crippen molar-refractivity contribution in [3.05, 3.63) is 23.5 Å². The van der Waals surface area contributed by atoms with Crippen LogP contribution in [0.3, 0.4) is 0 Å². The first-order valence-electron chi connectivity index (χ1n) is 3.28. The Kier molecular flexibility index (Phi) is 3.08. The quantitative estimate of drug-likeness (QED) is 0.726. The van der Waals surface area contributed by atoms with Gasteiger partial charge in [0.05, 0.1) is 5.69 Å². The van der Waals surface area contributed by atoms with Gasteiger partial charge in [-0.3, -0.25) is 0 Å². The zero-order chi connectivity index (χ0) is 10.1. The molecule has 1 rings (SSSR count). The Labute approximate surface area is 81.8 Å². The summed E-state index contributed by atoms with van der Waals surface area (Å²) in [6.45, 7) is 1.49. The summed E-state index contributed by atoms with van der Waals surface area (Å²) in [5, 5.41) is 0. The van der Waals surface area contributed by atoms with Crippen LogP contribution in [0, 0.1) is 6.92 Å². The lowest BCUT2D eigenvalue weighted by molar-refractivity contribution is -0.141. The molecule has 0 aromatic carbocycles. The van der Waals surface area contributed by atoms with Gasteiger partial charge in [0.2, 0.25) is 0 Å². The molecule has 0 spiro atoms. The number of alkyl halides is 3. The number of rotatable bonds is 1. The molecule has 13 heavy (non-hydrogen) atoms. The zero-order valence-corrected chi connectivity index (χ0v) is 8.09. The fourth-order valence-corrected chi connectivity index (χ4v) is 1.55. The van der Waals surface area contributed by atoms with E-state index in [1.54, 1.807) is 0 Å². The maximum absolute atomic E-state index is 12.1. The second-order valence-electron chi connectivity index (χ2n) is 2.35. The lowest BCUT2D eigenvalue weighted by Crippen LogP contribution is -2.08. The van der Waals surface area contributed by atoms with Crippen LogP contribution in [0.15, 0.2) is 17.0 Å². The second-order valence-corrected chi connectivity index (χ2v) is 3.41. The SMILES string of the molecule is Cc1nc(C(F)(F)F)ccc1SCl. The highest BCUT2D eigenvalue weighted by Crippen LogP contribution is 2.31. The maximum atomic E-state index is 12.1. The summed E-state index contributed by atoms with van der Waals surface area (Å²) >= 11 is 0. The van der Waals surface area contributed by atoms with E-state index in [2.05, 4.69) is 4.98 Å². The van der Waals surface area contributed by atoms with Crippen LogP contribution in [0.4, 0.5) is 13.2 Å². The Balaban J connectivity index is 3.10. The molecule has 6 heteroatoms. The minimum Gasteiger partial charge on any atom is -0.247 e. The molecule has 0 saturated carbocycles. The molecule has 0 radical (unpaired) electrons. The van der Waals surface area contributed by atoms with Gasteiger partial charge in [-0.2, -0.15) is 13.2 Å². The summed E-state index contributed by atoms with van der Waals surface area (Å²) in [4.78, 5) is 3.92. The molecule has 1 aromatic rings. The Bertz CT molecular complexity index is 313. The van der Waals surface area contributed by atoms with Gasteiger partial charge >= 0.3 is 6.18 Å². The second kappa shape index (κ2) is 3.75. The highest BCUT2D eigenvalue weighted by atomic mass is 35.7. The van der Waals surface area contributed by atoms with Crippen molar-refractivity contribution in [2.75, 3.05) is 0 Å². The van der Waals surface area contributed by atoms with E-state index >= 15 is 0 Å². The third kappa shape index (κ3) is 2.51. The van der Waals surface area contributed by atoms with Crippen molar-refractivity contribution in [3.63, 3.8) is 0 Å². The summed E-state index contributed by atoms with van der Waals surface area (Å²) in [7, 11) is 6.25. The van der Waals surface area contributed by atoms with Gasteiger partial charge in [-0.15, -0.1) is 0 Å². The molecule has 0 bridgehead atoms. The average molecular weight is 228 g/mol. The first-order valence-corrected chi connectivity index (χ1v) is 4.93. The molecule has 0 saturated heterocycles. The lowest BCUT2D eigenvalue weighted by atomic mass is 10.3. The van der Waals surface area contributed by atoms with Crippen molar-refractivity contribution in [2.45, 2.75) is 18.0 Å². The molecule has 0 aliphatic heterocycles. The largest absolute Gasteiger partial charge is 0.433 e. The minimum absolute atomic E-state index is 0.287. The lowest BCUT2D eigenvalue weighted by Gasteiger charge is -2.07. The molecule has 0 fully saturated rings. The Morgan fingerprint density at radius 3 is 2.38 bits per heavy atom. The van der Waals surface area contributed by atoms with E-state index in [1.807, 2.05) is 0 Å². The number of halogens is 4. The molecule has 0 amide bonds. The van der Waals surface area contributed by atoms with Gasteiger partial charge in [-0.25, -0.2) is 4.98 Å². The molecule has 0 atom stereocenters. The third-order valence-corrected chi connectivity index (χ3v) is 2.51. The predicted octanol–water partition coefficient (Wildman–Crippen LogP) is 3.65. The van der Waals surface area contributed by atoms with Crippen molar-refractivity contribution in [3.8, 4) is 0 Å². The zero-order valence-electron chi connectivity index (χ0n) is 6.52. The van der Waals surface area contributed by atoms with E-state index in [-0.39, 0.29) is 5.69 Å². The fourth-order valence-electron chi connectivity index (χ4n) is 0.788. The molecule has 0 aliphatic carbocycles. The van der Waals surface area contributed by atoms with E-state index in [9.17, 15) is 13.2 Å². The van der Waals surface area contributed by atoms with Crippen molar-refractivity contribution in [1.29, 1.82) is 0 Å². The van der Waals surface area contributed by atoms with E-state index in [0.29, 0.717) is 4.90 Å². The Morgan fingerprint density at radius 2 is 2.00 bits per heavy atom. The predicted molar refractivity (Wildman–Crippen MR) is 45.7 cm³/mol. The molecular formula is C7H5ClF3NS. The molecule has 0 aliphatic rings. The van der Waals surface area contributed by atoms with Crippen molar-refractivity contribution < 1.29 is 13.2 Å². The summed E-state index contributed by atoms with van der Waals surface area (Å²) < 4.78 is 36.3. The maximum Gasteiger partial charge on any atom is 0.433 e. The molecule has 72 valence electrons. The van der Waals surface area contributed by atoms with Gasteiger partial charge in [0.25, 0.3) is 0 Å². The van der Waals surface area contributed by atoms with Crippen LogP contribution in [-0.2, 0) is 6.18 Å². The van der Waals surface area contributed by atoms with Crippen LogP contribution in [0.2, 0.25) is 0 Å². The highest BCUT2D eigenvalue weighted by Gasteiger charge is 2.32. The minimum atomic E-state index is -4.39. The molecular weight excluding hydrogens is 223 g/mol. The number of aromatic nitrogens is 1. The first-order chi connectivity index (χ1) is 5.95. The summed E-state index contributed by atoms with van der Waals surface area (Å²) in [6.07, 6.45) is -4.39. The average Bonchev–Trinajstić information content (AvgIpc) is 2.02. The molecule has 1 nitrogen and oxygen atoms in total. The van der Waals surface area contributed by atoms with E-state index < -0.39 is 11.9 Å². The van der Waals surface area contributed by atoms with Crippen molar-refractivity contribution >= 4 is 21.7 Å². The molecule has 0 N–H and O–H groups in total. The number of hydrogen-bond acceptors (Lipinski definition) is 2. The van der Waals surface area contributed by atoms with Crippen molar-refractivity contribution in [1.82, 2.24) is 4.98 Å². The first kappa shape index (κ1) is 10.7. The monoisotopic (exact) mass is 227 g/mol. The smallest absolute Gasteiger partial charge is 0.247 e. The molecule has 1 heterocycles. The highest BCUT2D eigenvalue weighted by molar-refractivity contribution is 8.21. The number of hydrogen-bond donors (Lipinski definition) is 0. The number of aryl methyl sites for hydroxylation is 1. The molecule has 0 unspecified atom stereocenters. The Morgan fingerprint density at radius 1 is 1.38 bits per heavy atom. The van der Waals surface area contributed by atoms with Crippen LogP contribution in [0.1, 0.15) is 11.4 Å². The standard InChI is InChI=1S/C7H5ClF3NS/c1-4-5(13-8)2-3-6(12-4)7(9,10)11/h2-3H,1H3. The van der Waals surface area contributed by atoms with Gasteiger partial charge in [0.1, 0.15) is 5.69 Å². The Hall–Kier alpha value is -0.420. The van der Waals surface area contributed by atoms with Crippen LogP contribution in [-0.4, -0.2) is 4.98 Å². The van der Waals surface area contributed by atoms with Crippen LogP contribution >= 0.6 is 21.7 Å². The van der Waals surface area contributed by atoms with Gasteiger partial charge < -0.3 is 0 Å². The number of nitrogens with zero attached hydrogens (tertiary/aromatic N) is 1. The van der Waals surface area contributed by atoms with E-state index in [4.69, 9.17) is 10.7 Å². The van der Waals surface area contributed by atoms with Crippen molar-refractivity contribution in [2.24, 2.45) is 0 Å². The molecule has 1 aromatic heterocycles. The summed E-state index contributed by atoms with van der Waals surface area (Å²) in [5.74, 6) is 0. The number of pyridine rings is 1.